The van der Waals surface area contributed by atoms with E-state index in [1.807, 2.05) is 17.1 Å². The highest BCUT2D eigenvalue weighted by molar-refractivity contribution is 5.20. The molecule has 0 bridgehead atoms. The van der Waals surface area contributed by atoms with Gasteiger partial charge in [0.15, 0.2) is 0 Å². The number of hydrogen-bond acceptors (Lipinski definition) is 5. The lowest BCUT2D eigenvalue weighted by Crippen LogP contribution is -2.21. The van der Waals surface area contributed by atoms with Gasteiger partial charge in [0.1, 0.15) is 0 Å². The van der Waals surface area contributed by atoms with Crippen molar-refractivity contribution in [2.75, 3.05) is 5.32 Å². The first kappa shape index (κ1) is 13.6. The third-order valence-electron chi connectivity index (χ3n) is 2.70. The van der Waals surface area contributed by atoms with E-state index in [1.165, 1.54) is 0 Å². The van der Waals surface area contributed by atoms with Crippen LogP contribution in [-0.2, 0) is 18.5 Å². The van der Waals surface area contributed by atoms with Gasteiger partial charge in [-0.15, -0.1) is 5.10 Å². The highest BCUT2D eigenvalue weighted by Crippen LogP contribution is 2.14. The summed E-state index contributed by atoms with van der Waals surface area (Å²) >= 11 is 0. The molecule has 2 heterocycles. The monoisotopic (exact) mass is 263 g/mol. The number of nitrogens with zero attached hydrogens (tertiary/aromatic N) is 4. The number of rotatable bonds is 5. The SMILES string of the molecule is CCCc1nnc(NCc2cnn(C(C)(C)C)c2)o1. The molecule has 0 aliphatic heterocycles. The zero-order valence-corrected chi connectivity index (χ0v) is 12.0. The first-order valence-electron chi connectivity index (χ1n) is 6.59. The van der Waals surface area contributed by atoms with Crippen molar-refractivity contribution in [1.82, 2.24) is 20.0 Å². The van der Waals surface area contributed by atoms with E-state index in [1.54, 1.807) is 0 Å². The fourth-order valence-electron chi connectivity index (χ4n) is 1.64. The normalized spacial score (nSPS) is 11.8. The Labute approximate surface area is 113 Å². The number of hydrogen-bond donors (Lipinski definition) is 1. The minimum Gasteiger partial charge on any atom is -0.408 e. The molecule has 0 fully saturated rings. The molecule has 0 saturated heterocycles. The smallest absolute Gasteiger partial charge is 0.315 e. The van der Waals surface area contributed by atoms with Crippen LogP contribution in [0.15, 0.2) is 16.8 Å². The van der Waals surface area contributed by atoms with Gasteiger partial charge in [0.25, 0.3) is 0 Å². The van der Waals surface area contributed by atoms with Gasteiger partial charge in [-0.2, -0.15) is 5.10 Å². The lowest BCUT2D eigenvalue weighted by atomic mass is 10.1. The van der Waals surface area contributed by atoms with E-state index in [-0.39, 0.29) is 5.54 Å². The average Bonchev–Trinajstić information content (AvgIpc) is 2.94. The zero-order chi connectivity index (χ0) is 13.9. The van der Waals surface area contributed by atoms with E-state index in [0.29, 0.717) is 18.5 Å². The molecule has 19 heavy (non-hydrogen) atoms. The van der Waals surface area contributed by atoms with Crippen LogP contribution < -0.4 is 5.32 Å². The van der Waals surface area contributed by atoms with Crippen LogP contribution >= 0.6 is 0 Å². The molecule has 2 aromatic rings. The molecule has 104 valence electrons. The molecule has 6 nitrogen and oxygen atoms in total. The number of anilines is 1. The minimum atomic E-state index is -0.00294. The van der Waals surface area contributed by atoms with Gasteiger partial charge in [-0.1, -0.05) is 12.0 Å². The Morgan fingerprint density at radius 3 is 2.74 bits per heavy atom. The molecule has 0 spiro atoms. The van der Waals surface area contributed by atoms with Crippen molar-refractivity contribution in [3.63, 3.8) is 0 Å². The maximum atomic E-state index is 5.46. The van der Waals surface area contributed by atoms with Gasteiger partial charge < -0.3 is 9.73 Å². The average molecular weight is 263 g/mol. The summed E-state index contributed by atoms with van der Waals surface area (Å²) in [6, 6.07) is 0.465. The van der Waals surface area contributed by atoms with Crippen LogP contribution in [0.4, 0.5) is 6.01 Å². The second kappa shape index (κ2) is 5.42. The molecular weight excluding hydrogens is 242 g/mol. The van der Waals surface area contributed by atoms with Gasteiger partial charge in [-0.3, -0.25) is 4.68 Å². The van der Waals surface area contributed by atoms with E-state index in [2.05, 4.69) is 48.3 Å². The highest BCUT2D eigenvalue weighted by atomic mass is 16.4. The van der Waals surface area contributed by atoms with Gasteiger partial charge in [0.2, 0.25) is 5.89 Å². The van der Waals surface area contributed by atoms with Gasteiger partial charge in [0, 0.05) is 24.7 Å². The predicted molar refractivity (Wildman–Crippen MR) is 72.8 cm³/mol. The summed E-state index contributed by atoms with van der Waals surface area (Å²) in [5.41, 5.74) is 1.09. The Hall–Kier alpha value is -1.85. The van der Waals surface area contributed by atoms with E-state index in [0.717, 1.165) is 18.4 Å². The Balaban J connectivity index is 1.93. The van der Waals surface area contributed by atoms with E-state index >= 15 is 0 Å². The fraction of sp³-hybridized carbons (Fsp3) is 0.615. The second-order valence-corrected chi connectivity index (χ2v) is 5.57. The maximum absolute atomic E-state index is 5.46. The van der Waals surface area contributed by atoms with Crippen LogP contribution in [0.1, 0.15) is 45.6 Å². The Morgan fingerprint density at radius 1 is 1.32 bits per heavy atom. The molecule has 0 amide bonds. The van der Waals surface area contributed by atoms with E-state index in [9.17, 15) is 0 Å². The molecular formula is C13H21N5O. The molecule has 0 radical (unpaired) electrons. The summed E-state index contributed by atoms with van der Waals surface area (Å²) in [6.45, 7) is 9.06. The summed E-state index contributed by atoms with van der Waals surface area (Å²) in [5, 5.41) is 15.4. The molecule has 6 heteroatoms. The molecule has 0 aliphatic rings. The molecule has 2 aromatic heterocycles. The van der Waals surface area contributed by atoms with Gasteiger partial charge >= 0.3 is 6.01 Å². The largest absolute Gasteiger partial charge is 0.408 e. The van der Waals surface area contributed by atoms with E-state index in [4.69, 9.17) is 4.42 Å². The first-order valence-corrected chi connectivity index (χ1v) is 6.59. The van der Waals surface area contributed by atoms with Crippen molar-refractivity contribution in [2.45, 2.75) is 52.6 Å². The number of nitrogens with one attached hydrogen (secondary N) is 1. The fourth-order valence-corrected chi connectivity index (χ4v) is 1.64. The third kappa shape index (κ3) is 3.56. The van der Waals surface area contributed by atoms with E-state index < -0.39 is 0 Å². The summed E-state index contributed by atoms with van der Waals surface area (Å²) in [7, 11) is 0. The summed E-state index contributed by atoms with van der Waals surface area (Å²) in [4.78, 5) is 0. The molecule has 0 saturated carbocycles. The Morgan fingerprint density at radius 2 is 2.11 bits per heavy atom. The molecule has 0 unspecified atom stereocenters. The van der Waals surface area contributed by atoms with Crippen molar-refractivity contribution in [3.05, 3.63) is 23.8 Å². The van der Waals surface area contributed by atoms with Crippen molar-refractivity contribution in [2.24, 2.45) is 0 Å². The van der Waals surface area contributed by atoms with Crippen LogP contribution in [0.3, 0.4) is 0 Å². The topological polar surface area (TPSA) is 68.8 Å². The van der Waals surface area contributed by atoms with Crippen LogP contribution in [0.25, 0.3) is 0 Å². The first-order chi connectivity index (χ1) is 8.99. The Kier molecular flexibility index (Phi) is 3.87. The quantitative estimate of drug-likeness (QED) is 0.898. The molecule has 0 atom stereocenters. The van der Waals surface area contributed by atoms with Crippen LogP contribution in [0.2, 0.25) is 0 Å². The lowest BCUT2D eigenvalue weighted by molar-refractivity contribution is 0.355. The number of aromatic nitrogens is 4. The van der Waals surface area contributed by atoms with Gasteiger partial charge in [-0.05, 0) is 27.2 Å². The van der Waals surface area contributed by atoms with Crippen molar-refractivity contribution >= 4 is 6.01 Å². The molecule has 1 N–H and O–H groups in total. The summed E-state index contributed by atoms with van der Waals surface area (Å²) in [6.07, 6.45) is 5.69. The lowest BCUT2D eigenvalue weighted by Gasteiger charge is -2.18. The van der Waals surface area contributed by atoms with Crippen LogP contribution in [-0.4, -0.2) is 20.0 Å². The highest BCUT2D eigenvalue weighted by Gasteiger charge is 2.14. The van der Waals surface area contributed by atoms with Gasteiger partial charge in [-0.25, -0.2) is 0 Å². The standard InChI is InChI=1S/C13H21N5O/c1-5-6-11-16-17-12(19-11)14-7-10-8-15-18(9-10)13(2,3)4/h8-9H,5-7H2,1-4H3,(H,14,17). The number of aryl methyl sites for hydroxylation is 1. The van der Waals surface area contributed by atoms with Crippen LogP contribution in [0, 0.1) is 0 Å². The summed E-state index contributed by atoms with van der Waals surface area (Å²) in [5.74, 6) is 0.676. The molecule has 0 aromatic carbocycles. The summed E-state index contributed by atoms with van der Waals surface area (Å²) < 4.78 is 7.40. The maximum Gasteiger partial charge on any atom is 0.315 e. The van der Waals surface area contributed by atoms with Gasteiger partial charge in [0.05, 0.1) is 11.7 Å². The molecule has 0 aliphatic carbocycles. The molecule has 2 rings (SSSR count). The minimum absolute atomic E-state index is 0.00294. The van der Waals surface area contributed by atoms with Crippen molar-refractivity contribution < 1.29 is 4.42 Å². The zero-order valence-electron chi connectivity index (χ0n) is 12.0. The van der Waals surface area contributed by atoms with Crippen molar-refractivity contribution in [3.8, 4) is 0 Å². The predicted octanol–water partition coefficient (Wildman–Crippen LogP) is 2.59. The third-order valence-corrected chi connectivity index (χ3v) is 2.70. The van der Waals surface area contributed by atoms with Crippen LogP contribution in [0.5, 0.6) is 0 Å². The second-order valence-electron chi connectivity index (χ2n) is 5.57. The Bertz CT molecular complexity index is 523. The van der Waals surface area contributed by atoms with Crippen molar-refractivity contribution in [1.29, 1.82) is 0 Å².